The largest absolute Gasteiger partial charge is 0.493 e. The van der Waals surface area contributed by atoms with Crippen molar-refractivity contribution in [3.05, 3.63) is 29.3 Å². The molecule has 4 nitrogen and oxygen atoms in total. The molecule has 1 saturated carbocycles. The molecule has 0 N–H and O–H groups in total. The van der Waals surface area contributed by atoms with E-state index in [1.807, 2.05) is 7.05 Å². The van der Waals surface area contributed by atoms with E-state index < -0.39 is 11.6 Å². The van der Waals surface area contributed by atoms with Crippen molar-refractivity contribution in [1.29, 1.82) is 0 Å². The van der Waals surface area contributed by atoms with E-state index in [0.29, 0.717) is 18.8 Å². The molecule has 2 atom stereocenters. The van der Waals surface area contributed by atoms with E-state index in [1.165, 1.54) is 31.4 Å². The van der Waals surface area contributed by atoms with E-state index in [0.717, 1.165) is 37.2 Å². The fraction of sp³-hybridized carbons (Fsp3) is 0.619. The molecule has 0 bridgehead atoms. The summed E-state index contributed by atoms with van der Waals surface area (Å²) in [6.45, 7) is 4.70. The lowest BCUT2D eigenvalue weighted by atomic mass is 9.90. The van der Waals surface area contributed by atoms with Crippen LogP contribution in [0.15, 0.2) is 17.1 Å². The normalized spacial score (nSPS) is 23.4. The summed E-state index contributed by atoms with van der Waals surface area (Å²) >= 11 is 0. The Morgan fingerprint density at radius 3 is 2.56 bits per heavy atom. The van der Waals surface area contributed by atoms with Gasteiger partial charge >= 0.3 is 0 Å². The predicted octanol–water partition coefficient (Wildman–Crippen LogP) is 3.87. The van der Waals surface area contributed by atoms with Crippen molar-refractivity contribution in [2.24, 2.45) is 22.7 Å². The summed E-state index contributed by atoms with van der Waals surface area (Å²) in [6.07, 6.45) is 4.81. The molecule has 0 aromatic heterocycles. The summed E-state index contributed by atoms with van der Waals surface area (Å²) in [6, 6.07) is 2.33. The highest BCUT2D eigenvalue weighted by Gasteiger charge is 2.43. The highest BCUT2D eigenvalue weighted by molar-refractivity contribution is 5.79. The number of benzene rings is 1. The summed E-state index contributed by atoms with van der Waals surface area (Å²) < 4.78 is 33.2. The van der Waals surface area contributed by atoms with Gasteiger partial charge in [-0.1, -0.05) is 0 Å². The van der Waals surface area contributed by atoms with Gasteiger partial charge in [-0.3, -0.25) is 4.99 Å². The number of aldehydes is 1. The predicted molar refractivity (Wildman–Crippen MR) is 101 cm³/mol. The molecule has 2 aliphatic rings. The van der Waals surface area contributed by atoms with Crippen LogP contribution < -0.4 is 4.74 Å². The molecule has 27 heavy (non-hydrogen) atoms. The van der Waals surface area contributed by atoms with Gasteiger partial charge in [0.15, 0.2) is 0 Å². The SMILES string of the molecule is CN=C(C)N1CCC(C2CC2CCOc2cc(F)c(CC=O)c(F)c2)CC1. The molecule has 1 aliphatic carbocycles. The van der Waals surface area contributed by atoms with Gasteiger partial charge in [0, 0.05) is 44.3 Å². The van der Waals surface area contributed by atoms with Crippen molar-refractivity contribution in [1.82, 2.24) is 4.90 Å². The molecular weight excluding hydrogens is 350 g/mol. The lowest BCUT2D eigenvalue weighted by molar-refractivity contribution is -0.107. The maximum Gasteiger partial charge on any atom is 0.133 e. The zero-order valence-corrected chi connectivity index (χ0v) is 16.1. The molecule has 2 fully saturated rings. The van der Waals surface area contributed by atoms with E-state index in [-0.39, 0.29) is 17.7 Å². The van der Waals surface area contributed by atoms with Gasteiger partial charge in [-0.2, -0.15) is 0 Å². The minimum absolute atomic E-state index is 0.194. The lowest BCUT2D eigenvalue weighted by Gasteiger charge is -2.33. The number of aliphatic imine (C=N–C) groups is 1. The van der Waals surface area contributed by atoms with Crippen LogP contribution in [0.1, 0.15) is 38.2 Å². The first-order valence-electron chi connectivity index (χ1n) is 9.76. The minimum Gasteiger partial charge on any atom is -0.493 e. The molecule has 148 valence electrons. The number of likely N-dealkylation sites (tertiary alicyclic amines) is 1. The van der Waals surface area contributed by atoms with Crippen molar-refractivity contribution < 1.29 is 18.3 Å². The van der Waals surface area contributed by atoms with Crippen molar-refractivity contribution in [3.63, 3.8) is 0 Å². The van der Waals surface area contributed by atoms with E-state index >= 15 is 0 Å². The zero-order chi connectivity index (χ0) is 19.4. The Kier molecular flexibility index (Phi) is 6.45. The number of amidine groups is 1. The smallest absolute Gasteiger partial charge is 0.133 e. The Balaban J connectivity index is 1.41. The molecule has 2 unspecified atom stereocenters. The fourth-order valence-corrected chi connectivity index (χ4v) is 4.24. The van der Waals surface area contributed by atoms with Crippen LogP contribution in [-0.2, 0) is 11.2 Å². The molecule has 0 amide bonds. The van der Waals surface area contributed by atoms with Gasteiger partial charge < -0.3 is 14.4 Å². The van der Waals surface area contributed by atoms with Crippen LogP contribution in [-0.4, -0.2) is 43.8 Å². The first-order chi connectivity index (χ1) is 13.0. The number of halogens is 2. The number of carbonyl (C=O) groups is 1. The first-order valence-corrected chi connectivity index (χ1v) is 9.76. The summed E-state index contributed by atoms with van der Waals surface area (Å²) in [5, 5.41) is 0. The molecule has 0 radical (unpaired) electrons. The van der Waals surface area contributed by atoms with Crippen molar-refractivity contribution in [3.8, 4) is 5.75 Å². The third kappa shape index (κ3) is 4.85. The molecule has 6 heteroatoms. The van der Waals surface area contributed by atoms with Crippen LogP contribution in [0.4, 0.5) is 8.78 Å². The second kappa shape index (κ2) is 8.81. The Morgan fingerprint density at radius 2 is 1.96 bits per heavy atom. The highest BCUT2D eigenvalue weighted by atomic mass is 19.1. The number of hydrogen-bond donors (Lipinski definition) is 0. The summed E-state index contributed by atoms with van der Waals surface area (Å²) in [5.41, 5.74) is -0.200. The Hall–Kier alpha value is -1.98. The molecular formula is C21H28F2N2O2. The van der Waals surface area contributed by atoms with Gasteiger partial charge in [0.2, 0.25) is 0 Å². The van der Waals surface area contributed by atoms with Gasteiger partial charge in [0.05, 0.1) is 12.4 Å². The van der Waals surface area contributed by atoms with Crippen molar-refractivity contribution in [2.75, 3.05) is 26.7 Å². The van der Waals surface area contributed by atoms with Crippen LogP contribution >= 0.6 is 0 Å². The molecule has 1 aromatic carbocycles. The van der Waals surface area contributed by atoms with Crippen LogP contribution in [0.5, 0.6) is 5.75 Å². The van der Waals surface area contributed by atoms with Crippen LogP contribution in [0.3, 0.4) is 0 Å². The molecule has 0 spiro atoms. The average molecular weight is 378 g/mol. The van der Waals surface area contributed by atoms with Crippen molar-refractivity contribution >= 4 is 12.1 Å². The van der Waals surface area contributed by atoms with Crippen LogP contribution in [0, 0.1) is 29.4 Å². The van der Waals surface area contributed by atoms with Gasteiger partial charge in [-0.05, 0) is 50.4 Å². The first kappa shape index (κ1) is 19.8. The molecule has 3 rings (SSSR count). The number of nitrogens with zero attached hydrogens (tertiary/aromatic N) is 2. The van der Waals surface area contributed by atoms with E-state index in [9.17, 15) is 13.6 Å². The van der Waals surface area contributed by atoms with Gasteiger partial charge in [0.1, 0.15) is 23.7 Å². The number of carbonyl (C=O) groups excluding carboxylic acids is 1. The number of ether oxygens (including phenoxy) is 1. The van der Waals surface area contributed by atoms with E-state index in [1.54, 1.807) is 0 Å². The third-order valence-electron chi connectivity index (χ3n) is 6.06. The number of piperidine rings is 1. The standard InChI is InChI=1S/C21H28F2N2O2/c1-14(24-2)25-7-3-15(4-8-25)19-11-16(19)6-10-27-17-12-20(22)18(5-9-26)21(23)13-17/h9,12-13,15-16,19H,3-8,10-11H2,1-2H3. The third-order valence-corrected chi connectivity index (χ3v) is 6.06. The van der Waals surface area contributed by atoms with Gasteiger partial charge in [-0.25, -0.2) is 8.78 Å². The second-order valence-corrected chi connectivity index (χ2v) is 7.63. The number of rotatable bonds is 7. The van der Waals surface area contributed by atoms with Crippen LogP contribution in [0.25, 0.3) is 0 Å². The Labute approximate surface area is 159 Å². The summed E-state index contributed by atoms with van der Waals surface area (Å²) in [4.78, 5) is 17.1. The molecule has 1 saturated heterocycles. The molecule has 1 heterocycles. The monoisotopic (exact) mass is 378 g/mol. The maximum absolute atomic E-state index is 13.8. The summed E-state index contributed by atoms with van der Waals surface area (Å²) in [7, 11) is 1.84. The Morgan fingerprint density at radius 1 is 1.30 bits per heavy atom. The second-order valence-electron chi connectivity index (χ2n) is 7.63. The van der Waals surface area contributed by atoms with Crippen LogP contribution in [0.2, 0.25) is 0 Å². The minimum atomic E-state index is -0.723. The quantitative estimate of drug-likeness (QED) is 0.411. The van der Waals surface area contributed by atoms with E-state index in [4.69, 9.17) is 4.74 Å². The Bertz CT molecular complexity index is 676. The average Bonchev–Trinajstić information content (AvgIpc) is 3.44. The van der Waals surface area contributed by atoms with Gasteiger partial charge in [0.25, 0.3) is 0 Å². The topological polar surface area (TPSA) is 41.9 Å². The molecule has 1 aromatic rings. The maximum atomic E-state index is 13.8. The molecule has 1 aliphatic heterocycles. The summed E-state index contributed by atoms with van der Waals surface area (Å²) in [5.74, 6) is 2.06. The zero-order valence-electron chi connectivity index (χ0n) is 16.1. The van der Waals surface area contributed by atoms with E-state index in [2.05, 4.69) is 16.8 Å². The number of hydrogen-bond acceptors (Lipinski definition) is 3. The van der Waals surface area contributed by atoms with Crippen molar-refractivity contribution in [2.45, 2.75) is 39.0 Å². The van der Waals surface area contributed by atoms with Gasteiger partial charge in [-0.15, -0.1) is 0 Å². The fourth-order valence-electron chi connectivity index (χ4n) is 4.24. The lowest BCUT2D eigenvalue weighted by Crippen LogP contribution is -2.37. The highest BCUT2D eigenvalue weighted by Crippen LogP contribution is 2.49.